The highest BCUT2D eigenvalue weighted by atomic mass is 35.5. The summed E-state index contributed by atoms with van der Waals surface area (Å²) in [4.78, 5) is 11.5. The molecule has 1 aromatic rings. The van der Waals surface area contributed by atoms with Crippen LogP contribution in [0.15, 0.2) is 12.1 Å². The number of benzene rings is 1. The number of carbonyl (C=O) groups excluding carboxylic acids is 1. The first-order valence-electron chi connectivity index (χ1n) is 4.34. The van der Waals surface area contributed by atoms with Crippen LogP contribution in [0.3, 0.4) is 0 Å². The molecule has 0 aromatic heterocycles. The van der Waals surface area contributed by atoms with Crippen molar-refractivity contribution < 1.29 is 9.18 Å². The molecule has 1 rings (SSSR count). The average Bonchev–Trinajstić information content (AvgIpc) is 2.13. The van der Waals surface area contributed by atoms with Gasteiger partial charge in [0.1, 0.15) is 5.82 Å². The summed E-state index contributed by atoms with van der Waals surface area (Å²) in [7, 11) is 0. The van der Waals surface area contributed by atoms with Crippen molar-refractivity contribution in [3.8, 4) is 0 Å². The molecular formula is C10H11ClFNO. The van der Waals surface area contributed by atoms with Crippen LogP contribution in [0.4, 0.5) is 10.1 Å². The van der Waals surface area contributed by atoms with Gasteiger partial charge in [-0.2, -0.15) is 0 Å². The van der Waals surface area contributed by atoms with Crippen LogP contribution in [0.5, 0.6) is 0 Å². The van der Waals surface area contributed by atoms with E-state index < -0.39 is 5.82 Å². The molecule has 0 saturated heterocycles. The zero-order valence-electron chi connectivity index (χ0n) is 7.81. The minimum absolute atomic E-state index is 0.105. The van der Waals surface area contributed by atoms with Gasteiger partial charge in [0.05, 0.1) is 10.6 Å². The van der Waals surface area contributed by atoms with Crippen LogP contribution in [0, 0.1) is 5.82 Å². The maximum absolute atomic E-state index is 13.0. The van der Waals surface area contributed by atoms with Crippen molar-refractivity contribution in [2.24, 2.45) is 0 Å². The van der Waals surface area contributed by atoms with E-state index in [1.807, 2.05) is 6.92 Å². The summed E-state index contributed by atoms with van der Waals surface area (Å²) < 4.78 is 13.0. The summed E-state index contributed by atoms with van der Waals surface area (Å²) >= 11 is 5.65. The van der Waals surface area contributed by atoms with Gasteiger partial charge >= 0.3 is 0 Å². The first-order chi connectivity index (χ1) is 6.57. The highest BCUT2D eigenvalue weighted by Gasteiger charge is 2.16. The third-order valence-corrected chi connectivity index (χ3v) is 2.25. The first kappa shape index (κ1) is 11.0. The van der Waals surface area contributed by atoms with Crippen LogP contribution in [0.2, 0.25) is 5.02 Å². The van der Waals surface area contributed by atoms with E-state index in [2.05, 4.69) is 0 Å². The summed E-state index contributed by atoms with van der Waals surface area (Å²) in [6.07, 6.45) is 1.01. The lowest BCUT2D eigenvalue weighted by molar-refractivity contribution is 0.0982. The third kappa shape index (κ3) is 2.04. The molecule has 2 N–H and O–H groups in total. The number of Topliss-reactive ketones (excluding diaryl/α,β-unsaturated/α-hetero) is 1. The monoisotopic (exact) mass is 215 g/mol. The van der Waals surface area contributed by atoms with E-state index in [9.17, 15) is 9.18 Å². The Kier molecular flexibility index (Phi) is 3.47. The zero-order chi connectivity index (χ0) is 10.7. The summed E-state index contributed by atoms with van der Waals surface area (Å²) in [6, 6.07) is 2.50. The Morgan fingerprint density at radius 2 is 2.21 bits per heavy atom. The average molecular weight is 216 g/mol. The summed E-state index contributed by atoms with van der Waals surface area (Å²) in [5.74, 6) is -0.824. The molecule has 0 fully saturated rings. The minimum atomic E-state index is -0.611. The van der Waals surface area contributed by atoms with Crippen LogP contribution in [-0.2, 0) is 0 Å². The van der Waals surface area contributed by atoms with Crippen molar-refractivity contribution in [3.05, 3.63) is 28.5 Å². The number of carbonyl (C=O) groups is 1. The van der Waals surface area contributed by atoms with E-state index >= 15 is 0 Å². The molecule has 0 heterocycles. The predicted octanol–water partition coefficient (Wildman–Crippen LogP) is 3.04. The third-order valence-electron chi connectivity index (χ3n) is 1.88. The van der Waals surface area contributed by atoms with Crippen molar-refractivity contribution in [1.29, 1.82) is 0 Å². The number of anilines is 1. The highest BCUT2D eigenvalue weighted by molar-refractivity contribution is 6.34. The summed E-state index contributed by atoms with van der Waals surface area (Å²) in [5.41, 5.74) is 5.89. The Morgan fingerprint density at radius 3 is 2.79 bits per heavy atom. The number of ketones is 1. The Morgan fingerprint density at radius 1 is 1.57 bits per heavy atom. The van der Waals surface area contributed by atoms with Crippen LogP contribution in [0.1, 0.15) is 30.1 Å². The molecule has 0 spiro atoms. The zero-order valence-corrected chi connectivity index (χ0v) is 8.57. The molecule has 0 amide bonds. The van der Waals surface area contributed by atoms with Crippen molar-refractivity contribution in [1.82, 2.24) is 0 Å². The second-order valence-electron chi connectivity index (χ2n) is 3.00. The molecule has 1 aromatic carbocycles. The van der Waals surface area contributed by atoms with Gasteiger partial charge in [0.2, 0.25) is 0 Å². The Labute approximate surface area is 86.9 Å². The predicted molar refractivity (Wildman–Crippen MR) is 55.1 cm³/mol. The van der Waals surface area contributed by atoms with Gasteiger partial charge in [-0.3, -0.25) is 4.79 Å². The van der Waals surface area contributed by atoms with Gasteiger partial charge < -0.3 is 5.73 Å². The largest absolute Gasteiger partial charge is 0.398 e. The van der Waals surface area contributed by atoms with Gasteiger partial charge in [-0.1, -0.05) is 18.5 Å². The second kappa shape index (κ2) is 4.42. The van der Waals surface area contributed by atoms with Gasteiger partial charge in [-0.15, -0.1) is 0 Å². The fraction of sp³-hybridized carbons (Fsp3) is 0.300. The number of hydrogen-bond acceptors (Lipinski definition) is 2. The Hall–Kier alpha value is -1.09. The van der Waals surface area contributed by atoms with Gasteiger partial charge in [0, 0.05) is 12.1 Å². The molecule has 0 aliphatic rings. The van der Waals surface area contributed by atoms with E-state index in [-0.39, 0.29) is 22.1 Å². The normalized spacial score (nSPS) is 10.2. The molecule has 0 unspecified atom stereocenters. The number of rotatable bonds is 3. The first-order valence-corrected chi connectivity index (χ1v) is 4.72. The maximum atomic E-state index is 13.0. The Bertz CT molecular complexity index is 365. The number of hydrogen-bond donors (Lipinski definition) is 1. The molecule has 0 aliphatic heterocycles. The fourth-order valence-electron chi connectivity index (χ4n) is 1.20. The fourth-order valence-corrected chi connectivity index (χ4v) is 1.48. The lowest BCUT2D eigenvalue weighted by atomic mass is 10.0. The lowest BCUT2D eigenvalue weighted by Gasteiger charge is -2.06. The molecule has 4 heteroatoms. The van der Waals surface area contributed by atoms with Crippen molar-refractivity contribution in [2.75, 3.05) is 5.73 Å². The molecule has 14 heavy (non-hydrogen) atoms. The smallest absolute Gasteiger partial charge is 0.166 e. The van der Waals surface area contributed by atoms with Crippen molar-refractivity contribution in [3.63, 3.8) is 0 Å². The van der Waals surface area contributed by atoms with Crippen molar-refractivity contribution >= 4 is 23.1 Å². The van der Waals surface area contributed by atoms with Gasteiger partial charge in [-0.05, 0) is 18.6 Å². The molecule has 2 nitrogen and oxygen atoms in total. The van der Waals surface area contributed by atoms with Crippen LogP contribution >= 0.6 is 11.6 Å². The van der Waals surface area contributed by atoms with Crippen LogP contribution < -0.4 is 5.73 Å². The number of nitrogen functional groups attached to an aromatic ring is 1. The topological polar surface area (TPSA) is 43.1 Å². The summed E-state index contributed by atoms with van der Waals surface area (Å²) in [5, 5.41) is -0.177. The van der Waals surface area contributed by atoms with E-state index in [1.54, 1.807) is 0 Å². The molecule has 0 atom stereocenters. The standard InChI is InChI=1S/C10H11ClFNO/c1-2-3-8(14)9-7(13)5-4-6(12)10(9)11/h4-5H,2-3,13H2,1H3. The van der Waals surface area contributed by atoms with Crippen LogP contribution in [0.25, 0.3) is 0 Å². The van der Waals surface area contributed by atoms with E-state index in [0.29, 0.717) is 12.8 Å². The molecule has 0 bridgehead atoms. The molecule has 0 aliphatic carbocycles. The highest BCUT2D eigenvalue weighted by Crippen LogP contribution is 2.26. The molecule has 76 valence electrons. The van der Waals surface area contributed by atoms with Crippen molar-refractivity contribution in [2.45, 2.75) is 19.8 Å². The SMILES string of the molecule is CCCC(=O)c1c(N)ccc(F)c1Cl. The Balaban J connectivity index is 3.18. The van der Waals surface area contributed by atoms with E-state index in [0.717, 1.165) is 6.07 Å². The van der Waals surface area contributed by atoms with Gasteiger partial charge in [-0.25, -0.2) is 4.39 Å². The number of nitrogens with two attached hydrogens (primary N) is 1. The molecular weight excluding hydrogens is 205 g/mol. The second-order valence-corrected chi connectivity index (χ2v) is 3.38. The van der Waals surface area contributed by atoms with Crippen LogP contribution in [-0.4, -0.2) is 5.78 Å². The number of halogens is 2. The van der Waals surface area contributed by atoms with E-state index in [4.69, 9.17) is 17.3 Å². The van der Waals surface area contributed by atoms with Gasteiger partial charge in [0.15, 0.2) is 5.78 Å². The lowest BCUT2D eigenvalue weighted by Crippen LogP contribution is -2.05. The molecule has 0 saturated carbocycles. The van der Waals surface area contributed by atoms with Gasteiger partial charge in [0.25, 0.3) is 0 Å². The quantitative estimate of drug-likeness (QED) is 0.622. The summed E-state index contributed by atoms with van der Waals surface area (Å²) in [6.45, 7) is 1.86. The molecule has 0 radical (unpaired) electrons. The minimum Gasteiger partial charge on any atom is -0.398 e. The maximum Gasteiger partial charge on any atom is 0.166 e. The van der Waals surface area contributed by atoms with E-state index in [1.165, 1.54) is 6.07 Å².